The van der Waals surface area contributed by atoms with E-state index in [2.05, 4.69) is 4.98 Å². The SMILES string of the molecule is CCN(CC)C(=O)c1ccc(CO)nc1. The largest absolute Gasteiger partial charge is 0.390 e. The highest BCUT2D eigenvalue weighted by Gasteiger charge is 2.12. The summed E-state index contributed by atoms with van der Waals surface area (Å²) in [7, 11) is 0. The first kappa shape index (κ1) is 11.7. The first-order chi connectivity index (χ1) is 7.22. The molecule has 1 N–H and O–H groups in total. The quantitative estimate of drug-likeness (QED) is 0.804. The molecule has 0 aliphatic carbocycles. The van der Waals surface area contributed by atoms with Gasteiger partial charge in [0.05, 0.1) is 17.9 Å². The zero-order valence-electron chi connectivity index (χ0n) is 9.10. The molecule has 0 unspecified atom stereocenters. The van der Waals surface area contributed by atoms with Gasteiger partial charge in [-0.1, -0.05) is 0 Å². The highest BCUT2D eigenvalue weighted by Crippen LogP contribution is 2.04. The number of hydrogen-bond acceptors (Lipinski definition) is 3. The number of nitrogens with zero attached hydrogens (tertiary/aromatic N) is 2. The van der Waals surface area contributed by atoms with Crippen LogP contribution in [-0.4, -0.2) is 34.0 Å². The Morgan fingerprint density at radius 3 is 2.47 bits per heavy atom. The highest BCUT2D eigenvalue weighted by molar-refractivity contribution is 5.93. The second kappa shape index (κ2) is 5.46. The predicted molar refractivity (Wildman–Crippen MR) is 57.4 cm³/mol. The fourth-order valence-electron chi connectivity index (χ4n) is 1.34. The van der Waals surface area contributed by atoms with Gasteiger partial charge in [-0.25, -0.2) is 0 Å². The molecule has 4 heteroatoms. The van der Waals surface area contributed by atoms with Gasteiger partial charge < -0.3 is 10.0 Å². The predicted octanol–water partition coefficient (Wildman–Crippen LogP) is 1.06. The highest BCUT2D eigenvalue weighted by atomic mass is 16.3. The third-order valence-corrected chi connectivity index (χ3v) is 2.28. The molecule has 0 aliphatic rings. The van der Waals surface area contributed by atoms with Crippen LogP contribution in [0.5, 0.6) is 0 Å². The first-order valence-corrected chi connectivity index (χ1v) is 5.08. The molecule has 0 aromatic carbocycles. The summed E-state index contributed by atoms with van der Waals surface area (Å²) in [5.41, 5.74) is 1.14. The van der Waals surface area contributed by atoms with Crippen LogP contribution in [0.2, 0.25) is 0 Å². The van der Waals surface area contributed by atoms with Crippen LogP contribution in [0, 0.1) is 0 Å². The molecule has 0 aliphatic heterocycles. The number of pyridine rings is 1. The Hall–Kier alpha value is -1.42. The lowest BCUT2D eigenvalue weighted by atomic mass is 10.2. The number of aliphatic hydroxyl groups is 1. The maximum atomic E-state index is 11.8. The van der Waals surface area contributed by atoms with Crippen molar-refractivity contribution in [1.82, 2.24) is 9.88 Å². The van der Waals surface area contributed by atoms with Gasteiger partial charge in [0, 0.05) is 19.3 Å². The van der Waals surface area contributed by atoms with E-state index in [1.165, 1.54) is 6.20 Å². The van der Waals surface area contributed by atoms with E-state index in [1.807, 2.05) is 13.8 Å². The minimum atomic E-state index is -0.0975. The Morgan fingerprint density at radius 2 is 2.07 bits per heavy atom. The van der Waals surface area contributed by atoms with E-state index in [-0.39, 0.29) is 12.5 Å². The molecule has 15 heavy (non-hydrogen) atoms. The molecule has 82 valence electrons. The van der Waals surface area contributed by atoms with Gasteiger partial charge in [0.1, 0.15) is 0 Å². The van der Waals surface area contributed by atoms with Crippen molar-refractivity contribution in [2.45, 2.75) is 20.5 Å². The van der Waals surface area contributed by atoms with Crippen LogP contribution < -0.4 is 0 Å². The number of carbonyl (C=O) groups is 1. The van der Waals surface area contributed by atoms with E-state index in [9.17, 15) is 4.79 Å². The van der Waals surface area contributed by atoms with Crippen LogP contribution >= 0.6 is 0 Å². The van der Waals surface area contributed by atoms with E-state index in [4.69, 9.17) is 5.11 Å². The van der Waals surface area contributed by atoms with Crippen LogP contribution in [0.15, 0.2) is 18.3 Å². The first-order valence-electron chi connectivity index (χ1n) is 5.08. The fraction of sp³-hybridized carbons (Fsp3) is 0.455. The van der Waals surface area contributed by atoms with Gasteiger partial charge >= 0.3 is 0 Å². The second-order valence-corrected chi connectivity index (χ2v) is 3.17. The van der Waals surface area contributed by atoms with Crippen molar-refractivity contribution in [3.8, 4) is 0 Å². The van der Waals surface area contributed by atoms with E-state index in [0.29, 0.717) is 24.3 Å². The van der Waals surface area contributed by atoms with Crippen LogP contribution in [0.3, 0.4) is 0 Å². The monoisotopic (exact) mass is 208 g/mol. The Balaban J connectivity index is 2.82. The van der Waals surface area contributed by atoms with Gasteiger partial charge in [-0.3, -0.25) is 9.78 Å². The normalized spacial score (nSPS) is 10.1. The molecule has 0 radical (unpaired) electrons. The zero-order chi connectivity index (χ0) is 11.3. The summed E-state index contributed by atoms with van der Waals surface area (Å²) in [6.07, 6.45) is 1.51. The van der Waals surface area contributed by atoms with Crippen molar-refractivity contribution in [3.63, 3.8) is 0 Å². The fourth-order valence-corrected chi connectivity index (χ4v) is 1.34. The lowest BCUT2D eigenvalue weighted by Gasteiger charge is -2.18. The standard InChI is InChI=1S/C11H16N2O2/c1-3-13(4-2)11(15)9-5-6-10(8-14)12-7-9/h5-7,14H,3-4,8H2,1-2H3. The minimum absolute atomic E-state index is 0.0167. The molecule has 4 nitrogen and oxygen atoms in total. The molecule has 0 saturated carbocycles. The average molecular weight is 208 g/mol. The van der Waals surface area contributed by atoms with E-state index in [0.717, 1.165) is 0 Å². The van der Waals surface area contributed by atoms with Crippen LogP contribution in [0.25, 0.3) is 0 Å². The number of aromatic nitrogens is 1. The zero-order valence-corrected chi connectivity index (χ0v) is 9.10. The maximum Gasteiger partial charge on any atom is 0.255 e. The molecule has 0 fully saturated rings. The number of amides is 1. The topological polar surface area (TPSA) is 53.4 Å². The second-order valence-electron chi connectivity index (χ2n) is 3.17. The summed E-state index contributed by atoms with van der Waals surface area (Å²) in [4.78, 5) is 17.5. The molecule has 1 rings (SSSR count). The smallest absolute Gasteiger partial charge is 0.255 e. The Bertz CT molecular complexity index is 318. The Morgan fingerprint density at radius 1 is 1.40 bits per heavy atom. The van der Waals surface area contributed by atoms with E-state index >= 15 is 0 Å². The van der Waals surface area contributed by atoms with Crippen LogP contribution in [0.1, 0.15) is 29.9 Å². The maximum absolute atomic E-state index is 11.8. The van der Waals surface area contributed by atoms with Crippen molar-refractivity contribution in [3.05, 3.63) is 29.6 Å². The minimum Gasteiger partial charge on any atom is -0.390 e. The molecule has 0 spiro atoms. The van der Waals surface area contributed by atoms with E-state index < -0.39 is 0 Å². The molecular formula is C11H16N2O2. The molecule has 0 saturated heterocycles. The molecular weight excluding hydrogens is 192 g/mol. The summed E-state index contributed by atoms with van der Waals surface area (Å²) in [6, 6.07) is 3.36. The van der Waals surface area contributed by atoms with Crippen molar-refractivity contribution in [2.24, 2.45) is 0 Å². The molecule has 1 heterocycles. The van der Waals surface area contributed by atoms with Gasteiger partial charge in [-0.05, 0) is 26.0 Å². The van der Waals surface area contributed by atoms with Crippen molar-refractivity contribution >= 4 is 5.91 Å². The number of hydrogen-bond donors (Lipinski definition) is 1. The van der Waals surface area contributed by atoms with Gasteiger partial charge in [-0.2, -0.15) is 0 Å². The lowest BCUT2D eigenvalue weighted by Crippen LogP contribution is -2.30. The number of rotatable bonds is 4. The van der Waals surface area contributed by atoms with Crippen molar-refractivity contribution in [2.75, 3.05) is 13.1 Å². The van der Waals surface area contributed by atoms with Crippen molar-refractivity contribution in [1.29, 1.82) is 0 Å². The molecule has 0 bridgehead atoms. The lowest BCUT2D eigenvalue weighted by molar-refractivity contribution is 0.0772. The summed E-state index contributed by atoms with van der Waals surface area (Å²) in [5.74, 6) is -0.0167. The third-order valence-electron chi connectivity index (χ3n) is 2.28. The average Bonchev–Trinajstić information content (AvgIpc) is 2.30. The van der Waals surface area contributed by atoms with Crippen molar-refractivity contribution < 1.29 is 9.90 Å². The summed E-state index contributed by atoms with van der Waals surface area (Å²) >= 11 is 0. The third kappa shape index (κ3) is 2.76. The van der Waals surface area contributed by atoms with Gasteiger partial charge in [-0.15, -0.1) is 0 Å². The van der Waals surface area contributed by atoms with E-state index in [1.54, 1.807) is 17.0 Å². The van der Waals surface area contributed by atoms with Crippen LogP contribution in [-0.2, 0) is 6.61 Å². The Kier molecular flexibility index (Phi) is 4.24. The molecule has 1 amide bonds. The van der Waals surface area contributed by atoms with Gasteiger partial charge in [0.25, 0.3) is 5.91 Å². The molecule has 1 aromatic heterocycles. The number of carbonyl (C=O) groups excluding carboxylic acids is 1. The van der Waals surface area contributed by atoms with Gasteiger partial charge in [0.2, 0.25) is 0 Å². The van der Waals surface area contributed by atoms with Crippen LogP contribution in [0.4, 0.5) is 0 Å². The molecule has 1 aromatic rings. The molecule has 0 atom stereocenters. The summed E-state index contributed by atoms with van der Waals surface area (Å²) in [5, 5.41) is 8.81. The number of aliphatic hydroxyl groups excluding tert-OH is 1. The summed E-state index contributed by atoms with van der Waals surface area (Å²) in [6.45, 7) is 5.17. The summed E-state index contributed by atoms with van der Waals surface area (Å²) < 4.78 is 0. The Labute approximate surface area is 89.6 Å². The van der Waals surface area contributed by atoms with Gasteiger partial charge in [0.15, 0.2) is 0 Å².